The number of benzene rings is 1. The number of nitrogens with two attached hydrogens (primary N) is 1. The lowest BCUT2D eigenvalue weighted by Gasteiger charge is -2.19. The molecule has 5 heteroatoms. The molecule has 0 amide bonds. The van der Waals surface area contributed by atoms with E-state index in [9.17, 15) is 0 Å². The van der Waals surface area contributed by atoms with Crippen LogP contribution >= 0.6 is 11.6 Å². The normalized spacial score (nSPS) is 12.4. The zero-order chi connectivity index (χ0) is 12.3. The van der Waals surface area contributed by atoms with Gasteiger partial charge in [-0.2, -0.15) is 0 Å². The lowest BCUT2D eigenvalue weighted by Crippen LogP contribution is -2.17. The molecule has 0 saturated carbocycles. The van der Waals surface area contributed by atoms with Crippen LogP contribution in [0.25, 0.3) is 0 Å². The van der Waals surface area contributed by atoms with Crippen molar-refractivity contribution in [2.45, 2.75) is 13.0 Å². The molecule has 1 unspecified atom stereocenters. The van der Waals surface area contributed by atoms with Gasteiger partial charge in [0, 0.05) is 16.7 Å². The van der Waals surface area contributed by atoms with E-state index in [0.717, 1.165) is 5.56 Å². The molecule has 1 aromatic carbocycles. The predicted molar refractivity (Wildman–Crippen MR) is 63.3 cm³/mol. The molecule has 1 aromatic rings. The fourth-order valence-corrected chi connectivity index (χ4v) is 1.82. The predicted octanol–water partition coefficient (Wildman–Crippen LogP) is 1.66. The Morgan fingerprint density at radius 2 is 2.06 bits per heavy atom. The molecule has 0 aromatic heterocycles. The van der Waals surface area contributed by atoms with Crippen LogP contribution in [0.4, 0.5) is 0 Å². The second-order valence-corrected chi connectivity index (χ2v) is 3.83. The molecule has 1 rings (SSSR count). The molecule has 0 aliphatic carbocycles. The molecule has 3 N–H and O–H groups in total. The number of aliphatic hydroxyl groups excluding tert-OH is 1. The summed E-state index contributed by atoms with van der Waals surface area (Å²) in [5.41, 5.74) is 7.29. The average molecular weight is 246 g/mol. The molecule has 0 fully saturated rings. The van der Waals surface area contributed by atoms with Gasteiger partial charge >= 0.3 is 0 Å². The molecule has 0 saturated heterocycles. The van der Waals surface area contributed by atoms with Gasteiger partial charge in [0.2, 0.25) is 0 Å². The molecule has 0 spiro atoms. The Hall–Kier alpha value is -0.970. The van der Waals surface area contributed by atoms with Crippen LogP contribution in [0.15, 0.2) is 6.07 Å². The van der Waals surface area contributed by atoms with E-state index in [1.54, 1.807) is 6.07 Å². The van der Waals surface area contributed by atoms with Crippen LogP contribution in [0.3, 0.4) is 0 Å². The highest BCUT2D eigenvalue weighted by molar-refractivity contribution is 6.31. The minimum atomic E-state index is -0.539. The number of rotatable bonds is 4. The molecule has 90 valence electrons. The van der Waals surface area contributed by atoms with E-state index >= 15 is 0 Å². The lowest BCUT2D eigenvalue weighted by molar-refractivity contribution is 0.262. The van der Waals surface area contributed by atoms with E-state index in [1.165, 1.54) is 14.2 Å². The van der Waals surface area contributed by atoms with Gasteiger partial charge in [-0.05, 0) is 12.5 Å². The minimum Gasteiger partial charge on any atom is -0.493 e. The fourth-order valence-electron chi connectivity index (χ4n) is 1.62. The Bertz CT molecular complexity index is 382. The molecule has 4 nitrogen and oxygen atoms in total. The van der Waals surface area contributed by atoms with Crippen molar-refractivity contribution in [3.8, 4) is 11.5 Å². The van der Waals surface area contributed by atoms with Crippen molar-refractivity contribution in [2.75, 3.05) is 20.8 Å². The van der Waals surface area contributed by atoms with Crippen LogP contribution in [0.1, 0.15) is 17.2 Å². The van der Waals surface area contributed by atoms with Crippen molar-refractivity contribution < 1.29 is 14.6 Å². The Balaban J connectivity index is 3.46. The SMILES string of the molecule is COc1cc(Cl)c(C)c(C(N)CO)c1OC. The minimum absolute atomic E-state index is 0.180. The van der Waals surface area contributed by atoms with Gasteiger partial charge in [0.15, 0.2) is 11.5 Å². The summed E-state index contributed by atoms with van der Waals surface area (Å²) in [5.74, 6) is 1.03. The van der Waals surface area contributed by atoms with Crippen molar-refractivity contribution in [3.05, 3.63) is 22.2 Å². The van der Waals surface area contributed by atoms with E-state index in [4.69, 9.17) is 31.9 Å². The maximum atomic E-state index is 9.12. The van der Waals surface area contributed by atoms with Crippen molar-refractivity contribution in [1.29, 1.82) is 0 Å². The molecule has 0 bridgehead atoms. The van der Waals surface area contributed by atoms with Gasteiger partial charge in [-0.25, -0.2) is 0 Å². The first kappa shape index (κ1) is 13.1. The van der Waals surface area contributed by atoms with Gasteiger partial charge in [-0.1, -0.05) is 11.6 Å². The van der Waals surface area contributed by atoms with Crippen molar-refractivity contribution >= 4 is 11.6 Å². The van der Waals surface area contributed by atoms with Gasteiger partial charge in [0.25, 0.3) is 0 Å². The Labute approximate surface area is 99.9 Å². The summed E-state index contributed by atoms with van der Waals surface area (Å²) < 4.78 is 10.4. The first-order valence-corrected chi connectivity index (χ1v) is 5.22. The number of methoxy groups -OCH3 is 2. The molecule has 0 heterocycles. The van der Waals surface area contributed by atoms with Gasteiger partial charge in [0.1, 0.15) is 0 Å². The summed E-state index contributed by atoms with van der Waals surface area (Å²) in [5, 5.41) is 9.66. The number of hydrogen-bond donors (Lipinski definition) is 2. The summed E-state index contributed by atoms with van der Waals surface area (Å²) in [7, 11) is 3.05. The second kappa shape index (κ2) is 5.39. The fraction of sp³-hybridized carbons (Fsp3) is 0.455. The summed E-state index contributed by atoms with van der Waals surface area (Å²) in [6.45, 7) is 1.65. The molecule has 0 aliphatic rings. The standard InChI is InChI=1S/C11H16ClNO3/c1-6-7(12)4-9(15-2)11(16-3)10(6)8(13)5-14/h4,8,14H,5,13H2,1-3H3. The van der Waals surface area contributed by atoms with Crippen LogP contribution in [-0.2, 0) is 0 Å². The zero-order valence-electron chi connectivity index (χ0n) is 9.58. The maximum Gasteiger partial charge on any atom is 0.165 e. The largest absolute Gasteiger partial charge is 0.493 e. The van der Waals surface area contributed by atoms with Crippen molar-refractivity contribution in [1.82, 2.24) is 0 Å². The summed E-state index contributed by atoms with van der Waals surface area (Å²) in [6, 6.07) is 1.13. The third kappa shape index (κ3) is 2.24. The van der Waals surface area contributed by atoms with Gasteiger partial charge in [0.05, 0.1) is 26.9 Å². The smallest absolute Gasteiger partial charge is 0.165 e. The number of aliphatic hydroxyl groups is 1. The molecule has 0 radical (unpaired) electrons. The lowest BCUT2D eigenvalue weighted by atomic mass is 10.0. The van der Waals surface area contributed by atoms with Gasteiger partial charge in [-0.15, -0.1) is 0 Å². The van der Waals surface area contributed by atoms with E-state index < -0.39 is 6.04 Å². The maximum absolute atomic E-state index is 9.12. The molecule has 16 heavy (non-hydrogen) atoms. The Kier molecular flexibility index (Phi) is 4.41. The third-order valence-corrected chi connectivity index (χ3v) is 2.87. The molecule has 1 atom stereocenters. The van der Waals surface area contributed by atoms with Gasteiger partial charge < -0.3 is 20.3 Å². The Morgan fingerprint density at radius 1 is 1.44 bits per heavy atom. The van der Waals surface area contributed by atoms with Crippen LogP contribution in [0.5, 0.6) is 11.5 Å². The van der Waals surface area contributed by atoms with Crippen molar-refractivity contribution in [2.24, 2.45) is 5.73 Å². The number of hydrogen-bond acceptors (Lipinski definition) is 4. The highest BCUT2D eigenvalue weighted by Crippen LogP contribution is 2.40. The van der Waals surface area contributed by atoms with E-state index in [-0.39, 0.29) is 6.61 Å². The summed E-state index contributed by atoms with van der Waals surface area (Å²) in [4.78, 5) is 0. The highest BCUT2D eigenvalue weighted by Gasteiger charge is 2.20. The third-order valence-electron chi connectivity index (χ3n) is 2.48. The summed E-state index contributed by atoms with van der Waals surface area (Å²) in [6.07, 6.45) is 0. The van der Waals surface area contributed by atoms with E-state index in [2.05, 4.69) is 0 Å². The molecular formula is C11H16ClNO3. The van der Waals surface area contributed by atoms with Crippen LogP contribution in [0, 0.1) is 6.92 Å². The van der Waals surface area contributed by atoms with Gasteiger partial charge in [-0.3, -0.25) is 0 Å². The Morgan fingerprint density at radius 3 is 2.50 bits per heavy atom. The first-order valence-electron chi connectivity index (χ1n) is 4.84. The quantitative estimate of drug-likeness (QED) is 0.847. The van der Waals surface area contributed by atoms with Crippen LogP contribution in [0.2, 0.25) is 5.02 Å². The van der Waals surface area contributed by atoms with Crippen LogP contribution in [-0.4, -0.2) is 25.9 Å². The van der Waals surface area contributed by atoms with Crippen LogP contribution < -0.4 is 15.2 Å². The second-order valence-electron chi connectivity index (χ2n) is 3.42. The summed E-state index contributed by atoms with van der Waals surface area (Å²) >= 11 is 6.05. The number of ether oxygens (including phenoxy) is 2. The number of halogens is 1. The zero-order valence-corrected chi connectivity index (χ0v) is 10.3. The molecular weight excluding hydrogens is 230 g/mol. The average Bonchev–Trinajstić information content (AvgIpc) is 2.30. The molecule has 0 aliphatic heterocycles. The van der Waals surface area contributed by atoms with E-state index in [0.29, 0.717) is 22.1 Å². The highest BCUT2D eigenvalue weighted by atomic mass is 35.5. The topological polar surface area (TPSA) is 64.7 Å². The monoisotopic (exact) mass is 245 g/mol. The first-order chi connectivity index (χ1) is 7.56. The van der Waals surface area contributed by atoms with E-state index in [1.807, 2.05) is 6.92 Å². The van der Waals surface area contributed by atoms with Crippen molar-refractivity contribution in [3.63, 3.8) is 0 Å².